The zero-order valence-corrected chi connectivity index (χ0v) is 11.9. The first kappa shape index (κ1) is 14.4. The number of Topliss-reactive ketones (excluding diaryl/α,β-unsaturated/α-hetero) is 2. The lowest BCUT2D eigenvalue weighted by atomic mass is 9.83. The van der Waals surface area contributed by atoms with Crippen molar-refractivity contribution in [2.45, 2.75) is 40.0 Å². The Balaban J connectivity index is 3.58. The fraction of sp³-hybridized carbons (Fsp3) is 0.467. The van der Waals surface area contributed by atoms with Crippen molar-refractivity contribution in [1.29, 1.82) is 0 Å². The fourth-order valence-corrected chi connectivity index (χ4v) is 1.91. The molecule has 1 aromatic carbocycles. The molecule has 3 heteroatoms. The van der Waals surface area contributed by atoms with Gasteiger partial charge < -0.3 is 4.74 Å². The number of carbonyl (C=O) groups excluding carboxylic acids is 2. The van der Waals surface area contributed by atoms with E-state index in [-0.39, 0.29) is 5.41 Å². The number of ketones is 2. The molecule has 1 aromatic rings. The zero-order valence-electron chi connectivity index (χ0n) is 11.9. The first-order chi connectivity index (χ1) is 8.18. The van der Waals surface area contributed by atoms with Crippen LogP contribution in [0, 0.1) is 6.92 Å². The molecule has 18 heavy (non-hydrogen) atoms. The first-order valence-electron chi connectivity index (χ1n) is 5.93. The number of carbonyl (C=O) groups is 2. The molecule has 0 aliphatic carbocycles. The highest BCUT2D eigenvalue weighted by molar-refractivity contribution is 6.43. The van der Waals surface area contributed by atoms with Crippen LogP contribution in [-0.2, 0) is 10.2 Å². The summed E-state index contributed by atoms with van der Waals surface area (Å²) in [4.78, 5) is 23.2. The van der Waals surface area contributed by atoms with Crippen molar-refractivity contribution in [2.24, 2.45) is 0 Å². The van der Waals surface area contributed by atoms with E-state index in [9.17, 15) is 9.59 Å². The minimum atomic E-state index is -0.499. The van der Waals surface area contributed by atoms with Crippen LogP contribution in [0.15, 0.2) is 12.1 Å². The molecule has 0 heterocycles. The van der Waals surface area contributed by atoms with Gasteiger partial charge in [0.25, 0.3) is 0 Å². The van der Waals surface area contributed by atoms with E-state index in [0.29, 0.717) is 11.3 Å². The van der Waals surface area contributed by atoms with Crippen LogP contribution in [0.25, 0.3) is 0 Å². The molecular formula is C15H20O3. The molecule has 0 bridgehead atoms. The summed E-state index contributed by atoms with van der Waals surface area (Å²) in [6.07, 6.45) is 0. The smallest absolute Gasteiger partial charge is 0.232 e. The summed E-state index contributed by atoms with van der Waals surface area (Å²) in [6.45, 7) is 9.33. The van der Waals surface area contributed by atoms with Gasteiger partial charge in [-0.2, -0.15) is 0 Å². The average Bonchev–Trinajstić information content (AvgIpc) is 2.25. The van der Waals surface area contributed by atoms with E-state index >= 15 is 0 Å². The van der Waals surface area contributed by atoms with Gasteiger partial charge in [-0.15, -0.1) is 0 Å². The average molecular weight is 248 g/mol. The summed E-state index contributed by atoms with van der Waals surface area (Å²) in [5, 5.41) is 0. The topological polar surface area (TPSA) is 43.4 Å². The normalized spacial score (nSPS) is 11.2. The molecule has 0 fully saturated rings. The lowest BCUT2D eigenvalue weighted by Crippen LogP contribution is -2.18. The number of methoxy groups -OCH3 is 1. The summed E-state index contributed by atoms with van der Waals surface area (Å²) in [5.41, 5.74) is 2.10. The highest BCUT2D eigenvalue weighted by atomic mass is 16.5. The zero-order chi connectivity index (χ0) is 14.1. The van der Waals surface area contributed by atoms with Gasteiger partial charge in [-0.3, -0.25) is 9.59 Å². The fourth-order valence-electron chi connectivity index (χ4n) is 1.91. The lowest BCUT2D eigenvalue weighted by molar-refractivity contribution is -0.113. The molecule has 3 nitrogen and oxygen atoms in total. The molecule has 0 aliphatic heterocycles. The quantitative estimate of drug-likeness (QED) is 0.610. The van der Waals surface area contributed by atoms with Crippen LogP contribution in [-0.4, -0.2) is 18.7 Å². The Morgan fingerprint density at radius 3 is 2.11 bits per heavy atom. The monoisotopic (exact) mass is 248 g/mol. The molecule has 0 radical (unpaired) electrons. The van der Waals surface area contributed by atoms with Gasteiger partial charge in [-0.25, -0.2) is 0 Å². The molecule has 0 aliphatic rings. The summed E-state index contributed by atoms with van der Waals surface area (Å²) >= 11 is 0. The Morgan fingerprint density at radius 1 is 1.17 bits per heavy atom. The van der Waals surface area contributed by atoms with Crippen molar-refractivity contribution in [3.8, 4) is 5.75 Å². The first-order valence-corrected chi connectivity index (χ1v) is 5.93. The Labute approximate surface area is 108 Å². The maximum Gasteiger partial charge on any atom is 0.232 e. The van der Waals surface area contributed by atoms with E-state index in [0.717, 1.165) is 11.1 Å². The Morgan fingerprint density at radius 2 is 1.72 bits per heavy atom. The SMILES string of the molecule is COc1c(C(=O)C(C)=O)cc(C)cc1C(C)(C)C. The van der Waals surface area contributed by atoms with E-state index < -0.39 is 11.6 Å². The number of rotatable bonds is 3. The van der Waals surface area contributed by atoms with E-state index in [4.69, 9.17) is 4.74 Å². The molecule has 0 spiro atoms. The Bertz CT molecular complexity index is 493. The van der Waals surface area contributed by atoms with Crippen molar-refractivity contribution in [2.75, 3.05) is 7.11 Å². The van der Waals surface area contributed by atoms with Gasteiger partial charge in [0.1, 0.15) is 5.75 Å². The maximum absolute atomic E-state index is 11.9. The summed E-state index contributed by atoms with van der Waals surface area (Å²) in [5.74, 6) is -0.465. The molecule has 1 rings (SSSR count). The predicted octanol–water partition coefficient (Wildman–Crippen LogP) is 3.07. The van der Waals surface area contributed by atoms with Crippen molar-refractivity contribution >= 4 is 11.6 Å². The van der Waals surface area contributed by atoms with E-state index in [2.05, 4.69) is 0 Å². The van der Waals surface area contributed by atoms with E-state index in [1.807, 2.05) is 33.8 Å². The van der Waals surface area contributed by atoms with Gasteiger partial charge in [0.2, 0.25) is 5.78 Å². The standard InChI is InChI=1S/C15H20O3/c1-9-7-11(13(17)10(2)16)14(18-6)12(8-9)15(3,4)5/h7-8H,1-6H3. The van der Waals surface area contributed by atoms with Crippen molar-refractivity contribution in [3.05, 3.63) is 28.8 Å². The van der Waals surface area contributed by atoms with Gasteiger partial charge in [-0.1, -0.05) is 26.8 Å². The van der Waals surface area contributed by atoms with Crippen LogP contribution in [0.2, 0.25) is 0 Å². The summed E-state index contributed by atoms with van der Waals surface area (Å²) < 4.78 is 5.36. The minimum absolute atomic E-state index is 0.150. The number of benzene rings is 1. The van der Waals surface area contributed by atoms with Gasteiger partial charge in [0.15, 0.2) is 5.78 Å². The molecular weight excluding hydrogens is 228 g/mol. The third-order valence-electron chi connectivity index (χ3n) is 2.81. The number of hydrogen-bond donors (Lipinski definition) is 0. The summed E-state index contributed by atoms with van der Waals surface area (Å²) in [6, 6.07) is 3.70. The van der Waals surface area contributed by atoms with Crippen LogP contribution >= 0.6 is 0 Å². The van der Waals surface area contributed by atoms with Crippen molar-refractivity contribution < 1.29 is 14.3 Å². The van der Waals surface area contributed by atoms with Crippen LogP contribution in [0.4, 0.5) is 0 Å². The molecule has 0 amide bonds. The van der Waals surface area contributed by atoms with Crippen LogP contribution in [0.1, 0.15) is 49.2 Å². The van der Waals surface area contributed by atoms with Crippen LogP contribution in [0.3, 0.4) is 0 Å². The second-order valence-corrected chi connectivity index (χ2v) is 5.53. The highest BCUT2D eigenvalue weighted by Gasteiger charge is 2.25. The van der Waals surface area contributed by atoms with Crippen LogP contribution < -0.4 is 4.74 Å². The molecule has 0 N–H and O–H groups in total. The highest BCUT2D eigenvalue weighted by Crippen LogP contribution is 2.35. The Kier molecular flexibility index (Phi) is 3.95. The van der Waals surface area contributed by atoms with Gasteiger partial charge in [0.05, 0.1) is 12.7 Å². The van der Waals surface area contributed by atoms with E-state index in [1.165, 1.54) is 14.0 Å². The lowest BCUT2D eigenvalue weighted by Gasteiger charge is -2.24. The second-order valence-electron chi connectivity index (χ2n) is 5.53. The minimum Gasteiger partial charge on any atom is -0.496 e. The molecule has 0 unspecified atom stereocenters. The molecule has 0 saturated heterocycles. The molecule has 0 saturated carbocycles. The van der Waals surface area contributed by atoms with Gasteiger partial charge in [0, 0.05) is 12.5 Å². The summed E-state index contributed by atoms with van der Waals surface area (Å²) in [7, 11) is 1.52. The second kappa shape index (κ2) is 4.92. The third kappa shape index (κ3) is 2.78. The maximum atomic E-state index is 11.9. The van der Waals surface area contributed by atoms with Crippen molar-refractivity contribution in [3.63, 3.8) is 0 Å². The van der Waals surface area contributed by atoms with Crippen LogP contribution in [0.5, 0.6) is 5.75 Å². The van der Waals surface area contributed by atoms with Crippen molar-refractivity contribution in [1.82, 2.24) is 0 Å². The van der Waals surface area contributed by atoms with E-state index in [1.54, 1.807) is 6.07 Å². The number of aryl methyl sites for hydroxylation is 1. The number of ether oxygens (including phenoxy) is 1. The Hall–Kier alpha value is -1.64. The third-order valence-corrected chi connectivity index (χ3v) is 2.81. The largest absolute Gasteiger partial charge is 0.496 e. The molecule has 0 atom stereocenters. The van der Waals surface area contributed by atoms with Gasteiger partial charge >= 0.3 is 0 Å². The molecule has 0 aromatic heterocycles. The van der Waals surface area contributed by atoms with Gasteiger partial charge in [-0.05, 0) is 24.0 Å². The molecule has 98 valence electrons. The predicted molar refractivity (Wildman–Crippen MR) is 71.4 cm³/mol. The number of hydrogen-bond acceptors (Lipinski definition) is 3.